The predicted octanol–water partition coefficient (Wildman–Crippen LogP) is 1.76. The van der Waals surface area contributed by atoms with E-state index in [0.717, 1.165) is 6.42 Å². The molecule has 1 aromatic rings. The average molecular weight is 268 g/mol. The maximum atomic E-state index is 13.5. The minimum absolute atomic E-state index is 0.271. The monoisotopic (exact) mass is 268 g/mol. The van der Waals surface area contributed by atoms with Crippen molar-refractivity contribution in [1.29, 1.82) is 0 Å². The Hall–Kier alpha value is -1.46. The van der Waals surface area contributed by atoms with Gasteiger partial charge in [-0.05, 0) is 25.8 Å². The van der Waals surface area contributed by atoms with E-state index in [1.807, 2.05) is 0 Å². The SMILES string of the molecule is COCCCC(N)C(=O)N[C@H](C)c1ccccc1F. The standard InChI is InChI=1S/C14H21FN2O2/c1-10(11-6-3-4-7-12(11)15)17-14(18)13(16)8-5-9-19-2/h3-4,6-7,10,13H,5,8-9,16H2,1-2H3,(H,17,18)/t10-,13?/m1/s1. The number of carbonyl (C=O) groups excluding carboxylic acids is 1. The highest BCUT2D eigenvalue weighted by atomic mass is 19.1. The van der Waals surface area contributed by atoms with Gasteiger partial charge in [-0.25, -0.2) is 4.39 Å². The molecule has 0 spiro atoms. The second-order valence-electron chi connectivity index (χ2n) is 4.49. The first kappa shape index (κ1) is 15.6. The highest BCUT2D eigenvalue weighted by molar-refractivity contribution is 5.81. The summed E-state index contributed by atoms with van der Waals surface area (Å²) in [6.45, 7) is 2.31. The second kappa shape index (κ2) is 7.86. The lowest BCUT2D eigenvalue weighted by molar-refractivity contribution is -0.123. The molecule has 2 atom stereocenters. The number of rotatable bonds is 7. The summed E-state index contributed by atoms with van der Waals surface area (Å²) < 4.78 is 18.4. The van der Waals surface area contributed by atoms with Gasteiger partial charge in [0.25, 0.3) is 0 Å². The summed E-state index contributed by atoms with van der Waals surface area (Å²) in [5.74, 6) is -0.602. The number of halogens is 1. The zero-order chi connectivity index (χ0) is 14.3. The van der Waals surface area contributed by atoms with Crippen molar-refractivity contribution in [3.63, 3.8) is 0 Å². The van der Waals surface area contributed by atoms with Crippen LogP contribution in [0.1, 0.15) is 31.4 Å². The number of benzene rings is 1. The van der Waals surface area contributed by atoms with E-state index in [9.17, 15) is 9.18 Å². The van der Waals surface area contributed by atoms with Crippen molar-refractivity contribution in [2.24, 2.45) is 5.73 Å². The summed E-state index contributed by atoms with van der Waals surface area (Å²) in [6.07, 6.45) is 1.27. The molecule has 1 amide bonds. The first-order chi connectivity index (χ1) is 9.06. The molecule has 3 N–H and O–H groups in total. The van der Waals surface area contributed by atoms with Crippen molar-refractivity contribution in [2.75, 3.05) is 13.7 Å². The van der Waals surface area contributed by atoms with Gasteiger partial charge in [0.2, 0.25) is 5.91 Å². The maximum Gasteiger partial charge on any atom is 0.237 e. The fourth-order valence-electron chi connectivity index (χ4n) is 1.80. The Kier molecular flexibility index (Phi) is 6.45. The minimum Gasteiger partial charge on any atom is -0.385 e. The topological polar surface area (TPSA) is 64.3 Å². The van der Waals surface area contributed by atoms with Gasteiger partial charge in [0.15, 0.2) is 0 Å². The van der Waals surface area contributed by atoms with Gasteiger partial charge in [0, 0.05) is 19.3 Å². The highest BCUT2D eigenvalue weighted by Gasteiger charge is 2.17. The third-order valence-electron chi connectivity index (χ3n) is 2.93. The molecule has 0 saturated heterocycles. The molecule has 0 aliphatic carbocycles. The maximum absolute atomic E-state index is 13.5. The first-order valence-corrected chi connectivity index (χ1v) is 6.35. The summed E-state index contributed by atoms with van der Waals surface area (Å²) in [6, 6.07) is 5.38. The van der Waals surface area contributed by atoms with Crippen molar-refractivity contribution >= 4 is 5.91 Å². The number of carbonyl (C=O) groups is 1. The van der Waals surface area contributed by atoms with Gasteiger partial charge < -0.3 is 15.8 Å². The summed E-state index contributed by atoms with van der Waals surface area (Å²) in [5, 5.41) is 2.72. The number of amides is 1. The Morgan fingerprint density at radius 2 is 2.16 bits per heavy atom. The molecule has 0 radical (unpaired) electrons. The van der Waals surface area contributed by atoms with Crippen molar-refractivity contribution in [1.82, 2.24) is 5.32 Å². The van der Waals surface area contributed by atoms with Gasteiger partial charge in [-0.1, -0.05) is 18.2 Å². The Morgan fingerprint density at radius 1 is 1.47 bits per heavy atom. The molecule has 1 rings (SSSR count). The lowest BCUT2D eigenvalue weighted by Crippen LogP contribution is -2.41. The molecule has 106 valence electrons. The number of nitrogens with one attached hydrogen (secondary N) is 1. The lowest BCUT2D eigenvalue weighted by Gasteiger charge is -2.18. The van der Waals surface area contributed by atoms with Crippen LogP contribution < -0.4 is 11.1 Å². The van der Waals surface area contributed by atoms with Crippen molar-refractivity contribution in [2.45, 2.75) is 31.8 Å². The Labute approximate surface area is 113 Å². The molecule has 19 heavy (non-hydrogen) atoms. The minimum atomic E-state index is -0.593. The van der Waals surface area contributed by atoms with Crippen LogP contribution in [0.25, 0.3) is 0 Å². The molecule has 0 heterocycles. The van der Waals surface area contributed by atoms with Crippen LogP contribution in [0.2, 0.25) is 0 Å². The molecule has 0 aliphatic heterocycles. The van der Waals surface area contributed by atoms with Crippen LogP contribution >= 0.6 is 0 Å². The van der Waals surface area contributed by atoms with E-state index >= 15 is 0 Å². The van der Waals surface area contributed by atoms with Gasteiger partial charge in [0.05, 0.1) is 12.1 Å². The van der Waals surface area contributed by atoms with Crippen molar-refractivity contribution in [3.8, 4) is 0 Å². The quantitative estimate of drug-likeness (QED) is 0.741. The van der Waals surface area contributed by atoms with E-state index in [1.54, 1.807) is 32.2 Å². The summed E-state index contributed by atoms with van der Waals surface area (Å²) in [4.78, 5) is 11.8. The second-order valence-corrected chi connectivity index (χ2v) is 4.49. The van der Waals surface area contributed by atoms with E-state index in [2.05, 4.69) is 5.32 Å². The van der Waals surface area contributed by atoms with E-state index in [0.29, 0.717) is 18.6 Å². The Bertz CT molecular complexity index is 412. The molecule has 0 fully saturated rings. The van der Waals surface area contributed by atoms with E-state index in [-0.39, 0.29) is 11.7 Å². The predicted molar refractivity (Wildman–Crippen MR) is 72.0 cm³/mol. The molecule has 0 saturated carbocycles. The molecule has 1 unspecified atom stereocenters. The Morgan fingerprint density at radius 3 is 2.79 bits per heavy atom. The number of hydrogen-bond acceptors (Lipinski definition) is 3. The molecule has 1 aromatic carbocycles. The van der Waals surface area contributed by atoms with Gasteiger partial charge in [-0.3, -0.25) is 4.79 Å². The van der Waals surface area contributed by atoms with Crippen LogP contribution in [-0.4, -0.2) is 25.7 Å². The largest absolute Gasteiger partial charge is 0.385 e. The normalized spacial score (nSPS) is 13.9. The van der Waals surface area contributed by atoms with Gasteiger partial charge in [-0.15, -0.1) is 0 Å². The van der Waals surface area contributed by atoms with Crippen LogP contribution in [0.5, 0.6) is 0 Å². The van der Waals surface area contributed by atoms with Crippen LogP contribution in [0, 0.1) is 5.82 Å². The molecule has 0 aromatic heterocycles. The zero-order valence-electron chi connectivity index (χ0n) is 11.4. The van der Waals surface area contributed by atoms with Crippen LogP contribution in [-0.2, 0) is 9.53 Å². The summed E-state index contributed by atoms with van der Waals surface area (Å²) >= 11 is 0. The van der Waals surface area contributed by atoms with E-state index < -0.39 is 12.1 Å². The fourth-order valence-corrected chi connectivity index (χ4v) is 1.80. The van der Waals surface area contributed by atoms with E-state index in [4.69, 9.17) is 10.5 Å². The van der Waals surface area contributed by atoms with Gasteiger partial charge in [0.1, 0.15) is 5.82 Å². The number of ether oxygens (including phenoxy) is 1. The number of methoxy groups -OCH3 is 1. The van der Waals surface area contributed by atoms with Gasteiger partial charge in [-0.2, -0.15) is 0 Å². The zero-order valence-corrected chi connectivity index (χ0v) is 11.4. The number of hydrogen-bond donors (Lipinski definition) is 2. The summed E-state index contributed by atoms with van der Waals surface area (Å²) in [7, 11) is 1.60. The number of nitrogens with two attached hydrogens (primary N) is 1. The smallest absolute Gasteiger partial charge is 0.237 e. The van der Waals surface area contributed by atoms with Crippen LogP contribution in [0.3, 0.4) is 0 Å². The molecule has 0 aliphatic rings. The highest BCUT2D eigenvalue weighted by Crippen LogP contribution is 2.16. The summed E-state index contributed by atoms with van der Waals surface area (Å²) in [5.41, 5.74) is 6.22. The lowest BCUT2D eigenvalue weighted by atomic mass is 10.1. The first-order valence-electron chi connectivity index (χ1n) is 6.35. The third kappa shape index (κ3) is 4.96. The van der Waals surface area contributed by atoms with Crippen molar-refractivity contribution in [3.05, 3.63) is 35.6 Å². The fraction of sp³-hybridized carbons (Fsp3) is 0.500. The van der Waals surface area contributed by atoms with Crippen LogP contribution in [0.4, 0.5) is 4.39 Å². The third-order valence-corrected chi connectivity index (χ3v) is 2.93. The molecule has 0 bridgehead atoms. The molecular formula is C14H21FN2O2. The van der Waals surface area contributed by atoms with Crippen LogP contribution in [0.15, 0.2) is 24.3 Å². The molecule has 5 heteroatoms. The molecule has 4 nitrogen and oxygen atoms in total. The molecular weight excluding hydrogens is 247 g/mol. The Balaban J connectivity index is 2.50. The van der Waals surface area contributed by atoms with Crippen molar-refractivity contribution < 1.29 is 13.9 Å². The van der Waals surface area contributed by atoms with E-state index in [1.165, 1.54) is 6.07 Å². The van der Waals surface area contributed by atoms with Gasteiger partial charge >= 0.3 is 0 Å². The average Bonchev–Trinajstić information content (AvgIpc) is 2.39.